The summed E-state index contributed by atoms with van der Waals surface area (Å²) >= 11 is 0. The van der Waals surface area contributed by atoms with Gasteiger partial charge in [-0.2, -0.15) is 5.10 Å². The van der Waals surface area contributed by atoms with Gasteiger partial charge in [-0.15, -0.1) is 0 Å². The Labute approximate surface area is 155 Å². The number of carbonyl (C=O) groups excluding carboxylic acids is 1. The van der Waals surface area contributed by atoms with Crippen LogP contribution in [-0.2, 0) is 17.1 Å². The number of sulfonamides is 1. The molecule has 2 heterocycles. The molecule has 144 valence electrons. The van der Waals surface area contributed by atoms with Gasteiger partial charge in [0.15, 0.2) is 0 Å². The molecule has 4 rings (SSSR count). The van der Waals surface area contributed by atoms with E-state index < -0.39 is 15.3 Å². The third-order valence-corrected chi connectivity index (χ3v) is 7.89. The second kappa shape index (κ2) is 6.96. The van der Waals surface area contributed by atoms with E-state index in [1.54, 1.807) is 15.8 Å². The minimum atomic E-state index is -3.39. The van der Waals surface area contributed by atoms with E-state index >= 15 is 0 Å². The maximum absolute atomic E-state index is 13.0. The summed E-state index contributed by atoms with van der Waals surface area (Å²) in [6.07, 6.45) is 9.22. The molecule has 1 aromatic heterocycles. The monoisotopic (exact) mass is 380 g/mol. The highest BCUT2D eigenvalue weighted by atomic mass is 32.2. The molecule has 3 fully saturated rings. The van der Waals surface area contributed by atoms with Crippen molar-refractivity contribution in [3.8, 4) is 0 Å². The van der Waals surface area contributed by atoms with Gasteiger partial charge in [-0.1, -0.05) is 12.8 Å². The molecule has 0 aromatic carbocycles. The third-order valence-electron chi connectivity index (χ3n) is 5.97. The van der Waals surface area contributed by atoms with Crippen molar-refractivity contribution in [1.29, 1.82) is 0 Å². The molecular weight excluding hydrogens is 352 g/mol. The minimum Gasteiger partial charge on any atom is -0.337 e. The van der Waals surface area contributed by atoms with Gasteiger partial charge >= 0.3 is 0 Å². The minimum absolute atomic E-state index is 0.0687. The van der Waals surface area contributed by atoms with E-state index in [0.717, 1.165) is 50.6 Å². The molecule has 26 heavy (non-hydrogen) atoms. The molecule has 0 spiro atoms. The van der Waals surface area contributed by atoms with Gasteiger partial charge in [0, 0.05) is 32.1 Å². The van der Waals surface area contributed by atoms with Gasteiger partial charge in [0.1, 0.15) is 0 Å². The second-order valence-electron chi connectivity index (χ2n) is 8.00. The molecule has 1 N–H and O–H groups in total. The lowest BCUT2D eigenvalue weighted by atomic mass is 10.1. The van der Waals surface area contributed by atoms with Crippen LogP contribution >= 0.6 is 0 Å². The summed E-state index contributed by atoms with van der Waals surface area (Å²) in [6.45, 7) is 0.896. The Hall–Kier alpha value is -1.41. The van der Waals surface area contributed by atoms with Crippen LogP contribution in [0.5, 0.6) is 0 Å². The first kappa shape index (κ1) is 18.0. The maximum atomic E-state index is 13.0. The molecular formula is C18H28N4O3S. The van der Waals surface area contributed by atoms with Crippen LogP contribution in [0.3, 0.4) is 0 Å². The molecule has 8 heteroatoms. The molecule has 0 radical (unpaired) electrons. The van der Waals surface area contributed by atoms with Crippen LogP contribution in [-0.4, -0.2) is 53.4 Å². The van der Waals surface area contributed by atoms with E-state index in [-0.39, 0.29) is 18.5 Å². The predicted octanol–water partition coefficient (Wildman–Crippen LogP) is 1.76. The molecule has 7 nitrogen and oxygen atoms in total. The summed E-state index contributed by atoms with van der Waals surface area (Å²) in [7, 11) is -1.51. The summed E-state index contributed by atoms with van der Waals surface area (Å²) in [5.74, 6) is 0.357. The predicted molar refractivity (Wildman–Crippen MR) is 98.4 cm³/mol. The second-order valence-corrected chi connectivity index (χ2v) is 9.99. The van der Waals surface area contributed by atoms with E-state index in [1.165, 1.54) is 0 Å². The highest BCUT2D eigenvalue weighted by Gasteiger charge is 2.37. The smallest absolute Gasteiger partial charge is 0.257 e. The van der Waals surface area contributed by atoms with Crippen LogP contribution in [0, 0.1) is 0 Å². The van der Waals surface area contributed by atoms with Gasteiger partial charge in [-0.25, -0.2) is 13.1 Å². The first-order valence-electron chi connectivity index (χ1n) is 9.78. The Balaban J connectivity index is 1.47. The van der Waals surface area contributed by atoms with Gasteiger partial charge in [0.25, 0.3) is 5.91 Å². The molecule has 0 unspecified atom stereocenters. The topological polar surface area (TPSA) is 84.3 Å². The number of carbonyl (C=O) groups is 1. The lowest BCUT2D eigenvalue weighted by Gasteiger charge is -2.33. The van der Waals surface area contributed by atoms with Crippen LogP contribution in [0.25, 0.3) is 0 Å². The highest BCUT2D eigenvalue weighted by molar-refractivity contribution is 7.90. The average molecular weight is 381 g/mol. The zero-order valence-electron chi connectivity index (χ0n) is 15.4. The van der Waals surface area contributed by atoms with E-state index in [0.29, 0.717) is 24.4 Å². The van der Waals surface area contributed by atoms with Crippen molar-refractivity contribution < 1.29 is 13.2 Å². The van der Waals surface area contributed by atoms with E-state index in [4.69, 9.17) is 0 Å². The largest absolute Gasteiger partial charge is 0.337 e. The van der Waals surface area contributed by atoms with Gasteiger partial charge in [-0.3, -0.25) is 9.48 Å². The zero-order valence-corrected chi connectivity index (χ0v) is 16.2. The Morgan fingerprint density at radius 2 is 1.88 bits per heavy atom. The molecule has 1 amide bonds. The van der Waals surface area contributed by atoms with Gasteiger partial charge in [0.05, 0.1) is 22.7 Å². The number of hydrogen-bond donors (Lipinski definition) is 1. The summed E-state index contributed by atoms with van der Waals surface area (Å²) < 4.78 is 30.2. The van der Waals surface area contributed by atoms with Crippen LogP contribution in [0.15, 0.2) is 6.20 Å². The van der Waals surface area contributed by atoms with Gasteiger partial charge < -0.3 is 4.90 Å². The summed E-state index contributed by atoms with van der Waals surface area (Å²) in [6, 6.07) is 0.0749. The zero-order chi connectivity index (χ0) is 18.3. The molecule has 0 bridgehead atoms. The van der Waals surface area contributed by atoms with E-state index in [9.17, 15) is 13.2 Å². The standard InChI is InChI=1S/C18H28N4O3S/c1-21-17(13-8-9-13)16(11-19-21)18(23)22-10-4-7-15(12-22)26(24,25)20-14-5-2-3-6-14/h11,13-15,20H,2-10,12H2,1H3/t15-/m1/s1. The van der Waals surface area contributed by atoms with Crippen LogP contribution < -0.4 is 4.72 Å². The number of rotatable bonds is 5. The van der Waals surface area contributed by atoms with Crippen molar-refractivity contribution in [2.75, 3.05) is 13.1 Å². The molecule has 1 aliphatic heterocycles. The van der Waals surface area contributed by atoms with Crippen molar-refractivity contribution in [2.24, 2.45) is 7.05 Å². The number of hydrogen-bond acceptors (Lipinski definition) is 4. The lowest BCUT2D eigenvalue weighted by molar-refractivity contribution is 0.0725. The molecule has 1 aromatic rings. The van der Waals surface area contributed by atoms with Crippen LogP contribution in [0.4, 0.5) is 0 Å². The van der Waals surface area contributed by atoms with Crippen molar-refractivity contribution in [3.05, 3.63) is 17.5 Å². The summed E-state index contributed by atoms with van der Waals surface area (Å²) in [5.41, 5.74) is 1.65. The number of likely N-dealkylation sites (tertiary alicyclic amines) is 1. The normalized spacial score (nSPS) is 25.0. The van der Waals surface area contributed by atoms with Crippen LogP contribution in [0.1, 0.15) is 73.3 Å². The Morgan fingerprint density at radius 3 is 2.58 bits per heavy atom. The number of aryl methyl sites for hydroxylation is 1. The van der Waals surface area contributed by atoms with Crippen molar-refractivity contribution in [2.45, 2.75) is 68.6 Å². The molecule has 2 saturated carbocycles. The molecule has 1 atom stereocenters. The third kappa shape index (κ3) is 3.53. The Morgan fingerprint density at radius 1 is 1.15 bits per heavy atom. The molecule has 3 aliphatic rings. The van der Waals surface area contributed by atoms with E-state index in [2.05, 4.69) is 9.82 Å². The number of nitrogens with zero attached hydrogens (tertiary/aromatic N) is 3. The van der Waals surface area contributed by atoms with Crippen molar-refractivity contribution in [3.63, 3.8) is 0 Å². The fraction of sp³-hybridized carbons (Fsp3) is 0.778. The lowest BCUT2D eigenvalue weighted by Crippen LogP contribution is -2.50. The number of nitrogens with one attached hydrogen (secondary N) is 1. The fourth-order valence-corrected chi connectivity index (χ4v) is 6.12. The molecule has 1 saturated heterocycles. The Bertz CT molecular complexity index is 778. The quantitative estimate of drug-likeness (QED) is 0.844. The van der Waals surface area contributed by atoms with Gasteiger partial charge in [-0.05, 0) is 38.5 Å². The molecule has 2 aliphatic carbocycles. The average Bonchev–Trinajstić information content (AvgIpc) is 3.19. The first-order valence-corrected chi connectivity index (χ1v) is 11.3. The van der Waals surface area contributed by atoms with Crippen LogP contribution in [0.2, 0.25) is 0 Å². The number of aromatic nitrogens is 2. The summed E-state index contributed by atoms with van der Waals surface area (Å²) in [5, 5.41) is 3.76. The van der Waals surface area contributed by atoms with E-state index in [1.807, 2.05) is 7.05 Å². The SMILES string of the molecule is Cn1ncc(C(=O)N2CCC[C@@H](S(=O)(=O)NC3CCCC3)C2)c1C1CC1. The number of piperidine rings is 1. The maximum Gasteiger partial charge on any atom is 0.257 e. The van der Waals surface area contributed by atoms with Gasteiger partial charge in [0.2, 0.25) is 10.0 Å². The first-order chi connectivity index (χ1) is 12.5. The summed E-state index contributed by atoms with van der Waals surface area (Å²) in [4.78, 5) is 14.8. The fourth-order valence-electron chi connectivity index (χ4n) is 4.37. The highest BCUT2D eigenvalue weighted by Crippen LogP contribution is 2.41. The van der Waals surface area contributed by atoms with Crippen molar-refractivity contribution >= 4 is 15.9 Å². The Kier molecular flexibility index (Phi) is 4.81. The number of amides is 1. The van der Waals surface area contributed by atoms with Crippen molar-refractivity contribution in [1.82, 2.24) is 19.4 Å².